The molecular weight excluding hydrogens is 290 g/mol. The minimum Gasteiger partial charge on any atom is -0.381 e. The van der Waals surface area contributed by atoms with Crippen LogP contribution in [0.15, 0.2) is 0 Å². The molecule has 21 heavy (non-hydrogen) atoms. The molecule has 7 heteroatoms. The molecule has 0 aliphatic carbocycles. The Balaban J connectivity index is 1.72. The number of rotatable bonds is 7. The van der Waals surface area contributed by atoms with Gasteiger partial charge in [0.2, 0.25) is 0 Å². The van der Waals surface area contributed by atoms with E-state index in [2.05, 4.69) is 23.9 Å². The number of nitrogens with one attached hydrogen (secondary N) is 2. The van der Waals surface area contributed by atoms with Crippen molar-refractivity contribution in [3.8, 4) is 0 Å². The quantitative estimate of drug-likeness (QED) is 0.720. The molecule has 2 aliphatic heterocycles. The maximum atomic E-state index is 12.3. The zero-order chi connectivity index (χ0) is 15.3. The van der Waals surface area contributed by atoms with E-state index in [4.69, 9.17) is 4.74 Å². The molecule has 0 amide bonds. The Kier molecular flexibility index (Phi) is 6.43. The molecule has 0 aromatic heterocycles. The number of nitrogens with zero attached hydrogens (tertiary/aromatic N) is 1. The maximum Gasteiger partial charge on any atom is 0.279 e. The Hall–Kier alpha value is -0.210. The van der Waals surface area contributed by atoms with Gasteiger partial charge in [0, 0.05) is 32.3 Å². The zero-order valence-electron chi connectivity index (χ0n) is 13.2. The van der Waals surface area contributed by atoms with Crippen LogP contribution in [0, 0.1) is 11.8 Å². The van der Waals surface area contributed by atoms with Crippen molar-refractivity contribution in [3.05, 3.63) is 0 Å². The smallest absolute Gasteiger partial charge is 0.279 e. The summed E-state index contributed by atoms with van der Waals surface area (Å²) in [5.74, 6) is 0.912. The van der Waals surface area contributed by atoms with E-state index in [1.165, 1.54) is 0 Å². The standard InChI is InChI=1S/C14H29N3O3S/c1-12(2)15-9-13-3-6-17(7-4-13)21(18,19)16-10-14-5-8-20-11-14/h12-16H,3-11H2,1-2H3. The summed E-state index contributed by atoms with van der Waals surface area (Å²) in [6.45, 7) is 8.43. The second-order valence-corrected chi connectivity index (χ2v) is 8.24. The van der Waals surface area contributed by atoms with Gasteiger partial charge in [-0.3, -0.25) is 0 Å². The molecule has 0 spiro atoms. The van der Waals surface area contributed by atoms with Crippen molar-refractivity contribution < 1.29 is 13.2 Å². The fourth-order valence-electron chi connectivity index (χ4n) is 2.81. The predicted molar refractivity (Wildman–Crippen MR) is 83.3 cm³/mol. The van der Waals surface area contributed by atoms with E-state index in [1.807, 2.05) is 0 Å². The van der Waals surface area contributed by atoms with Crippen LogP contribution in [0.3, 0.4) is 0 Å². The Morgan fingerprint density at radius 2 is 1.86 bits per heavy atom. The van der Waals surface area contributed by atoms with Crippen LogP contribution in [0.25, 0.3) is 0 Å². The minimum absolute atomic E-state index is 0.326. The highest BCUT2D eigenvalue weighted by molar-refractivity contribution is 7.87. The topological polar surface area (TPSA) is 70.7 Å². The molecule has 1 atom stereocenters. The first-order chi connectivity index (χ1) is 9.97. The first kappa shape index (κ1) is 17.1. The molecule has 0 saturated carbocycles. The van der Waals surface area contributed by atoms with Crippen LogP contribution >= 0.6 is 0 Å². The van der Waals surface area contributed by atoms with Crippen molar-refractivity contribution in [1.29, 1.82) is 0 Å². The Labute approximate surface area is 128 Å². The lowest BCUT2D eigenvalue weighted by Crippen LogP contribution is -2.47. The van der Waals surface area contributed by atoms with E-state index >= 15 is 0 Å². The van der Waals surface area contributed by atoms with Gasteiger partial charge in [-0.1, -0.05) is 13.8 Å². The average Bonchev–Trinajstić information content (AvgIpc) is 2.97. The average molecular weight is 319 g/mol. The molecule has 2 aliphatic rings. The van der Waals surface area contributed by atoms with Gasteiger partial charge >= 0.3 is 0 Å². The maximum absolute atomic E-state index is 12.3. The Morgan fingerprint density at radius 1 is 1.14 bits per heavy atom. The van der Waals surface area contributed by atoms with E-state index in [0.29, 0.717) is 44.1 Å². The van der Waals surface area contributed by atoms with Crippen molar-refractivity contribution in [2.75, 3.05) is 39.4 Å². The number of hydrogen-bond donors (Lipinski definition) is 2. The molecular formula is C14H29N3O3S. The van der Waals surface area contributed by atoms with Crippen LogP contribution in [0.2, 0.25) is 0 Å². The highest BCUT2D eigenvalue weighted by atomic mass is 32.2. The first-order valence-electron chi connectivity index (χ1n) is 8.03. The number of piperidine rings is 1. The van der Waals surface area contributed by atoms with Gasteiger partial charge < -0.3 is 10.1 Å². The van der Waals surface area contributed by atoms with Crippen LogP contribution in [0.4, 0.5) is 0 Å². The number of ether oxygens (including phenoxy) is 1. The van der Waals surface area contributed by atoms with Gasteiger partial charge in [0.25, 0.3) is 10.2 Å². The van der Waals surface area contributed by atoms with Gasteiger partial charge in [-0.2, -0.15) is 12.7 Å². The molecule has 0 bridgehead atoms. The Bertz CT molecular complexity index is 400. The second-order valence-electron chi connectivity index (χ2n) is 6.49. The summed E-state index contributed by atoms with van der Waals surface area (Å²) < 4.78 is 34.1. The van der Waals surface area contributed by atoms with Crippen molar-refractivity contribution >= 4 is 10.2 Å². The van der Waals surface area contributed by atoms with Gasteiger partial charge in [0.05, 0.1) is 6.61 Å². The summed E-state index contributed by atoms with van der Waals surface area (Å²) in [5.41, 5.74) is 0. The second kappa shape index (κ2) is 7.87. The monoisotopic (exact) mass is 319 g/mol. The molecule has 2 heterocycles. The summed E-state index contributed by atoms with van der Waals surface area (Å²) >= 11 is 0. The van der Waals surface area contributed by atoms with E-state index in [-0.39, 0.29) is 0 Å². The fraction of sp³-hybridized carbons (Fsp3) is 1.00. The lowest BCUT2D eigenvalue weighted by atomic mass is 9.98. The zero-order valence-corrected chi connectivity index (χ0v) is 14.0. The van der Waals surface area contributed by atoms with Crippen molar-refractivity contribution in [2.24, 2.45) is 11.8 Å². The molecule has 0 aromatic carbocycles. The molecule has 1 unspecified atom stereocenters. The highest BCUT2D eigenvalue weighted by Crippen LogP contribution is 2.19. The van der Waals surface area contributed by atoms with E-state index in [9.17, 15) is 8.42 Å². The fourth-order valence-corrected chi connectivity index (χ4v) is 4.14. The van der Waals surface area contributed by atoms with E-state index in [1.54, 1.807) is 4.31 Å². The lowest BCUT2D eigenvalue weighted by Gasteiger charge is -2.31. The molecule has 6 nitrogen and oxygen atoms in total. The van der Waals surface area contributed by atoms with Crippen molar-refractivity contribution in [1.82, 2.24) is 14.3 Å². The predicted octanol–water partition coefficient (Wildman–Crippen LogP) is 0.567. The molecule has 0 aromatic rings. The third kappa shape index (κ3) is 5.49. The van der Waals surface area contributed by atoms with Gasteiger partial charge in [-0.25, -0.2) is 4.72 Å². The van der Waals surface area contributed by atoms with E-state index < -0.39 is 10.2 Å². The summed E-state index contributed by atoms with van der Waals surface area (Å²) in [5, 5.41) is 3.43. The van der Waals surface area contributed by atoms with Crippen molar-refractivity contribution in [2.45, 2.75) is 39.2 Å². The summed E-state index contributed by atoms with van der Waals surface area (Å²) in [7, 11) is -3.32. The largest absolute Gasteiger partial charge is 0.381 e. The van der Waals surface area contributed by atoms with Crippen molar-refractivity contribution in [3.63, 3.8) is 0 Å². The Morgan fingerprint density at radius 3 is 2.43 bits per heavy atom. The summed E-state index contributed by atoms with van der Waals surface area (Å²) in [6.07, 6.45) is 2.83. The third-order valence-corrected chi connectivity index (χ3v) is 5.88. The molecule has 2 N–H and O–H groups in total. The summed E-state index contributed by atoms with van der Waals surface area (Å²) in [6, 6.07) is 0.488. The lowest BCUT2D eigenvalue weighted by molar-refractivity contribution is 0.186. The first-order valence-corrected chi connectivity index (χ1v) is 9.47. The molecule has 124 valence electrons. The molecule has 2 saturated heterocycles. The molecule has 2 fully saturated rings. The highest BCUT2D eigenvalue weighted by Gasteiger charge is 2.28. The minimum atomic E-state index is -3.32. The third-order valence-electron chi connectivity index (χ3n) is 4.31. The molecule has 2 rings (SSSR count). The summed E-state index contributed by atoms with van der Waals surface area (Å²) in [4.78, 5) is 0. The van der Waals surface area contributed by atoms with Gasteiger partial charge in [0.1, 0.15) is 0 Å². The van der Waals surface area contributed by atoms with Gasteiger partial charge in [0.15, 0.2) is 0 Å². The van der Waals surface area contributed by atoms with Crippen LogP contribution in [-0.2, 0) is 14.9 Å². The van der Waals surface area contributed by atoms with Gasteiger partial charge in [-0.05, 0) is 37.6 Å². The number of hydrogen-bond acceptors (Lipinski definition) is 4. The van der Waals surface area contributed by atoms with Crippen LogP contribution in [-0.4, -0.2) is 58.2 Å². The SMILES string of the molecule is CC(C)NCC1CCN(S(=O)(=O)NCC2CCOC2)CC1. The van der Waals surface area contributed by atoms with Crippen LogP contribution < -0.4 is 10.0 Å². The van der Waals surface area contributed by atoms with Gasteiger partial charge in [-0.15, -0.1) is 0 Å². The van der Waals surface area contributed by atoms with Crippen LogP contribution in [0.1, 0.15) is 33.1 Å². The molecule has 0 radical (unpaired) electrons. The van der Waals surface area contributed by atoms with Crippen LogP contribution in [0.5, 0.6) is 0 Å². The normalized spacial score (nSPS) is 25.8. The van der Waals surface area contributed by atoms with E-state index in [0.717, 1.165) is 32.4 Å².